The fourth-order valence-electron chi connectivity index (χ4n) is 3.22. The Bertz CT molecular complexity index is 236. The van der Waals surface area contributed by atoms with Gasteiger partial charge in [0, 0.05) is 0 Å². The average Bonchev–Trinajstić information content (AvgIpc) is 2.64. The van der Waals surface area contributed by atoms with E-state index in [1.165, 1.54) is 25.7 Å². The van der Waals surface area contributed by atoms with Gasteiger partial charge in [0.1, 0.15) is 0 Å². The molecule has 3 unspecified atom stereocenters. The quantitative estimate of drug-likeness (QED) is 0.461. The monoisotopic (exact) mass is 146 g/mol. The van der Waals surface area contributed by atoms with E-state index in [0.717, 1.165) is 11.8 Å². The normalized spacial score (nSPS) is 51.6. The van der Waals surface area contributed by atoms with Crippen molar-refractivity contribution in [3.8, 4) is 0 Å². The van der Waals surface area contributed by atoms with Gasteiger partial charge in [-0.05, 0) is 42.9 Å². The van der Waals surface area contributed by atoms with Gasteiger partial charge >= 0.3 is 0 Å². The molecule has 11 heavy (non-hydrogen) atoms. The third-order valence-electron chi connectivity index (χ3n) is 3.78. The minimum absolute atomic E-state index is 0.638. The highest BCUT2D eigenvalue weighted by Crippen LogP contribution is 2.57. The van der Waals surface area contributed by atoms with Gasteiger partial charge in [0.15, 0.2) is 0 Å². The average molecular weight is 146 g/mol. The Labute approximate surface area is 68.0 Å². The molecule has 0 aromatic heterocycles. The van der Waals surface area contributed by atoms with Gasteiger partial charge in [-0.15, -0.1) is 0 Å². The van der Waals surface area contributed by atoms with Crippen molar-refractivity contribution < 1.29 is 0 Å². The fraction of sp³-hybridized carbons (Fsp3) is 0.636. The lowest BCUT2D eigenvalue weighted by atomic mass is 9.75. The van der Waals surface area contributed by atoms with Crippen molar-refractivity contribution in [2.45, 2.75) is 25.7 Å². The standard InChI is InChI=1S/C11H14/c1-2-6-11(5-1)8-9-3-4-10(11)7-9/h1,3-5,9-10H,2,6-8H2. The summed E-state index contributed by atoms with van der Waals surface area (Å²) in [6, 6.07) is 0. The maximum atomic E-state index is 2.50. The van der Waals surface area contributed by atoms with Crippen molar-refractivity contribution in [3.63, 3.8) is 0 Å². The van der Waals surface area contributed by atoms with Gasteiger partial charge in [-0.2, -0.15) is 0 Å². The van der Waals surface area contributed by atoms with Crippen molar-refractivity contribution >= 4 is 0 Å². The van der Waals surface area contributed by atoms with Crippen LogP contribution in [0.25, 0.3) is 0 Å². The largest absolute Gasteiger partial charge is 0.0879 e. The van der Waals surface area contributed by atoms with Crippen LogP contribution in [0.5, 0.6) is 0 Å². The molecule has 0 saturated heterocycles. The van der Waals surface area contributed by atoms with E-state index >= 15 is 0 Å². The zero-order valence-corrected chi connectivity index (χ0v) is 6.79. The van der Waals surface area contributed by atoms with Crippen LogP contribution in [0, 0.1) is 17.3 Å². The molecule has 0 heterocycles. The first kappa shape index (κ1) is 6.05. The molecule has 0 N–H and O–H groups in total. The predicted molar refractivity (Wildman–Crippen MR) is 46.2 cm³/mol. The second-order valence-electron chi connectivity index (χ2n) is 4.37. The molecule has 1 spiro atoms. The molecule has 3 atom stereocenters. The van der Waals surface area contributed by atoms with Crippen LogP contribution in [-0.4, -0.2) is 0 Å². The molecule has 0 radical (unpaired) electrons. The third-order valence-corrected chi connectivity index (χ3v) is 3.78. The second-order valence-corrected chi connectivity index (χ2v) is 4.37. The summed E-state index contributed by atoms with van der Waals surface area (Å²) in [7, 11) is 0. The maximum Gasteiger partial charge on any atom is -0.00468 e. The van der Waals surface area contributed by atoms with E-state index < -0.39 is 0 Å². The van der Waals surface area contributed by atoms with Gasteiger partial charge in [0.2, 0.25) is 0 Å². The van der Waals surface area contributed by atoms with Gasteiger partial charge in [0.05, 0.1) is 0 Å². The summed E-state index contributed by atoms with van der Waals surface area (Å²) in [5.41, 5.74) is 0.638. The van der Waals surface area contributed by atoms with Crippen LogP contribution in [0.15, 0.2) is 24.3 Å². The number of allylic oxidation sites excluding steroid dienone is 4. The van der Waals surface area contributed by atoms with Crippen molar-refractivity contribution in [1.82, 2.24) is 0 Å². The highest BCUT2D eigenvalue weighted by Gasteiger charge is 2.47. The molecule has 0 amide bonds. The summed E-state index contributed by atoms with van der Waals surface area (Å²) < 4.78 is 0. The Balaban J connectivity index is 2.00. The van der Waals surface area contributed by atoms with Crippen molar-refractivity contribution in [3.05, 3.63) is 24.3 Å². The van der Waals surface area contributed by atoms with Crippen LogP contribution in [0.3, 0.4) is 0 Å². The highest BCUT2D eigenvalue weighted by molar-refractivity contribution is 5.23. The number of rotatable bonds is 0. The molecule has 0 aromatic carbocycles. The Morgan fingerprint density at radius 1 is 1.27 bits per heavy atom. The summed E-state index contributed by atoms with van der Waals surface area (Å²) in [6.45, 7) is 0. The summed E-state index contributed by atoms with van der Waals surface area (Å²) in [5, 5.41) is 0. The lowest BCUT2D eigenvalue weighted by Crippen LogP contribution is -2.20. The first-order valence-electron chi connectivity index (χ1n) is 4.75. The molecule has 1 fully saturated rings. The summed E-state index contributed by atoms with van der Waals surface area (Å²) in [5.74, 6) is 1.84. The van der Waals surface area contributed by atoms with Gasteiger partial charge in [-0.25, -0.2) is 0 Å². The topological polar surface area (TPSA) is 0 Å². The lowest BCUT2D eigenvalue weighted by Gasteiger charge is -2.28. The molecule has 1 saturated carbocycles. The van der Waals surface area contributed by atoms with Crippen LogP contribution in [0.2, 0.25) is 0 Å². The van der Waals surface area contributed by atoms with Crippen molar-refractivity contribution in [2.75, 3.05) is 0 Å². The number of fused-ring (bicyclic) bond motifs is 3. The molecule has 0 aliphatic heterocycles. The Kier molecular flexibility index (Phi) is 0.988. The summed E-state index contributed by atoms with van der Waals surface area (Å²) in [6.07, 6.45) is 15.4. The molecule has 3 aliphatic carbocycles. The maximum absolute atomic E-state index is 2.50. The third kappa shape index (κ3) is 0.654. The Morgan fingerprint density at radius 3 is 2.82 bits per heavy atom. The van der Waals surface area contributed by atoms with E-state index in [-0.39, 0.29) is 0 Å². The minimum Gasteiger partial charge on any atom is -0.0879 e. The predicted octanol–water partition coefficient (Wildman–Crippen LogP) is 2.92. The zero-order valence-electron chi connectivity index (χ0n) is 6.79. The minimum atomic E-state index is 0.638. The van der Waals surface area contributed by atoms with Gasteiger partial charge in [0.25, 0.3) is 0 Å². The molecule has 3 aliphatic rings. The Hall–Kier alpha value is -0.520. The van der Waals surface area contributed by atoms with Crippen molar-refractivity contribution in [1.29, 1.82) is 0 Å². The molecule has 2 bridgehead atoms. The molecular formula is C11H14. The Morgan fingerprint density at radius 2 is 2.27 bits per heavy atom. The molecular weight excluding hydrogens is 132 g/mol. The molecule has 3 rings (SSSR count). The second kappa shape index (κ2) is 1.80. The van der Waals surface area contributed by atoms with E-state index in [2.05, 4.69) is 24.3 Å². The molecule has 0 nitrogen and oxygen atoms in total. The van der Waals surface area contributed by atoms with E-state index in [9.17, 15) is 0 Å². The van der Waals surface area contributed by atoms with Crippen LogP contribution in [0.4, 0.5) is 0 Å². The molecule has 0 aromatic rings. The van der Waals surface area contributed by atoms with Crippen LogP contribution in [-0.2, 0) is 0 Å². The molecule has 58 valence electrons. The van der Waals surface area contributed by atoms with Gasteiger partial charge in [-0.3, -0.25) is 0 Å². The van der Waals surface area contributed by atoms with E-state index in [1.807, 2.05) is 0 Å². The van der Waals surface area contributed by atoms with Crippen molar-refractivity contribution in [2.24, 2.45) is 17.3 Å². The van der Waals surface area contributed by atoms with Crippen LogP contribution < -0.4 is 0 Å². The zero-order chi connectivity index (χ0) is 7.31. The first-order chi connectivity index (χ1) is 5.39. The first-order valence-corrected chi connectivity index (χ1v) is 4.75. The highest BCUT2D eigenvalue weighted by atomic mass is 14.5. The number of hydrogen-bond donors (Lipinski definition) is 0. The van der Waals surface area contributed by atoms with Crippen LogP contribution in [0.1, 0.15) is 25.7 Å². The van der Waals surface area contributed by atoms with Gasteiger partial charge in [-0.1, -0.05) is 24.3 Å². The molecule has 0 heteroatoms. The van der Waals surface area contributed by atoms with E-state index in [0.29, 0.717) is 5.41 Å². The SMILES string of the molecule is C1=CC2(CC1)CC1C=CC2C1. The number of hydrogen-bond acceptors (Lipinski definition) is 0. The van der Waals surface area contributed by atoms with E-state index in [4.69, 9.17) is 0 Å². The van der Waals surface area contributed by atoms with Crippen LogP contribution >= 0.6 is 0 Å². The summed E-state index contributed by atoms with van der Waals surface area (Å²) in [4.78, 5) is 0. The smallest absolute Gasteiger partial charge is 0.00468 e. The summed E-state index contributed by atoms with van der Waals surface area (Å²) >= 11 is 0. The fourth-order valence-corrected chi connectivity index (χ4v) is 3.22. The lowest BCUT2D eigenvalue weighted by molar-refractivity contribution is 0.309. The van der Waals surface area contributed by atoms with E-state index in [1.54, 1.807) is 0 Å². The van der Waals surface area contributed by atoms with Gasteiger partial charge < -0.3 is 0 Å².